The molecule has 0 radical (unpaired) electrons. The molecule has 1 spiro atoms. The Labute approximate surface area is 163 Å². The van der Waals surface area contributed by atoms with E-state index < -0.39 is 10.6 Å². The summed E-state index contributed by atoms with van der Waals surface area (Å²) in [5, 5.41) is 15.4. The fourth-order valence-corrected chi connectivity index (χ4v) is 3.26. The number of ketones is 1. The molecule has 1 aromatic carbocycles. The van der Waals surface area contributed by atoms with Gasteiger partial charge in [0, 0.05) is 17.7 Å². The van der Waals surface area contributed by atoms with Gasteiger partial charge in [0.15, 0.2) is 17.3 Å². The van der Waals surface area contributed by atoms with Crippen molar-refractivity contribution in [1.29, 1.82) is 0 Å². The minimum atomic E-state index is -1.24. The van der Waals surface area contributed by atoms with Gasteiger partial charge in [-0.3, -0.25) is 19.7 Å². The first kappa shape index (κ1) is 17.2. The molecule has 2 aliphatic carbocycles. The SMILES string of the molecule is O=C1C=CC2(C=C1)OCC(=O)N2c1nc(-c2ccc([N+](=O)[O-])cc2)nn1C1C=C1. The number of nitro groups is 1. The van der Waals surface area contributed by atoms with E-state index in [2.05, 4.69) is 10.1 Å². The fraction of sp³-hybridized carbons (Fsp3) is 0.158. The second-order valence-electron chi connectivity index (χ2n) is 6.70. The van der Waals surface area contributed by atoms with Crippen LogP contribution in [0.1, 0.15) is 6.04 Å². The number of nitrogens with zero attached hydrogens (tertiary/aromatic N) is 5. The molecule has 2 heterocycles. The molecule has 0 N–H and O–H groups in total. The van der Waals surface area contributed by atoms with Gasteiger partial charge in [0.2, 0.25) is 5.95 Å². The number of non-ortho nitro benzene ring substituents is 1. The molecule has 2 aromatic rings. The second kappa shape index (κ2) is 6.04. The first-order valence-corrected chi connectivity index (χ1v) is 8.76. The van der Waals surface area contributed by atoms with Gasteiger partial charge >= 0.3 is 0 Å². The smallest absolute Gasteiger partial charge is 0.269 e. The third-order valence-electron chi connectivity index (χ3n) is 4.80. The van der Waals surface area contributed by atoms with Crippen LogP contribution >= 0.6 is 0 Å². The molecule has 10 nitrogen and oxygen atoms in total. The van der Waals surface area contributed by atoms with Crippen LogP contribution in [-0.2, 0) is 14.3 Å². The van der Waals surface area contributed by atoms with Crippen LogP contribution in [0, 0.1) is 10.1 Å². The normalized spacial score (nSPS) is 19.5. The van der Waals surface area contributed by atoms with Crippen molar-refractivity contribution in [1.82, 2.24) is 14.8 Å². The molecule has 0 atom stereocenters. The average Bonchev–Trinajstić information content (AvgIpc) is 3.40. The molecule has 29 heavy (non-hydrogen) atoms. The monoisotopic (exact) mass is 391 g/mol. The number of amides is 1. The Kier molecular flexibility index (Phi) is 3.58. The Morgan fingerprint density at radius 2 is 1.83 bits per heavy atom. The molecule has 1 aromatic heterocycles. The highest BCUT2D eigenvalue weighted by Crippen LogP contribution is 2.38. The molecule has 3 aliphatic rings. The number of anilines is 1. The van der Waals surface area contributed by atoms with E-state index in [0.717, 1.165) is 0 Å². The number of hydrogen-bond acceptors (Lipinski definition) is 7. The molecule has 144 valence electrons. The van der Waals surface area contributed by atoms with E-state index in [-0.39, 0.29) is 36.0 Å². The summed E-state index contributed by atoms with van der Waals surface area (Å²) in [6.07, 6.45) is 9.51. The molecular formula is C19H13N5O5. The molecule has 1 fully saturated rings. The highest BCUT2D eigenvalue weighted by Gasteiger charge is 2.48. The van der Waals surface area contributed by atoms with Crippen LogP contribution in [0.2, 0.25) is 0 Å². The molecule has 1 amide bonds. The third kappa shape index (κ3) is 2.77. The van der Waals surface area contributed by atoms with Crippen LogP contribution in [0.5, 0.6) is 0 Å². The molecular weight excluding hydrogens is 378 g/mol. The van der Waals surface area contributed by atoms with Crippen LogP contribution in [0.15, 0.2) is 60.7 Å². The van der Waals surface area contributed by atoms with Crippen LogP contribution in [0.4, 0.5) is 11.6 Å². The zero-order chi connectivity index (χ0) is 20.2. The number of rotatable bonds is 4. The topological polar surface area (TPSA) is 120 Å². The quantitative estimate of drug-likeness (QED) is 0.442. The minimum Gasteiger partial charge on any atom is -0.338 e. The molecule has 5 rings (SSSR count). The Hall–Kier alpha value is -3.92. The maximum Gasteiger partial charge on any atom is 0.269 e. The largest absolute Gasteiger partial charge is 0.338 e. The number of carbonyl (C=O) groups excluding carboxylic acids is 2. The molecule has 1 aliphatic heterocycles. The first-order valence-electron chi connectivity index (χ1n) is 8.76. The summed E-state index contributed by atoms with van der Waals surface area (Å²) in [7, 11) is 0. The first-order chi connectivity index (χ1) is 14.0. The lowest BCUT2D eigenvalue weighted by Crippen LogP contribution is -2.46. The van der Waals surface area contributed by atoms with Crippen molar-refractivity contribution in [2.45, 2.75) is 11.8 Å². The number of ether oxygens (including phenoxy) is 1. The number of nitro benzene ring substituents is 1. The number of allylic oxidation sites excluding steroid dienone is 4. The van der Waals surface area contributed by atoms with Crippen molar-refractivity contribution < 1.29 is 19.2 Å². The van der Waals surface area contributed by atoms with Crippen LogP contribution in [0.25, 0.3) is 11.4 Å². The van der Waals surface area contributed by atoms with E-state index in [4.69, 9.17) is 4.74 Å². The Balaban J connectivity index is 1.59. The van der Waals surface area contributed by atoms with Gasteiger partial charge in [-0.05, 0) is 36.4 Å². The lowest BCUT2D eigenvalue weighted by molar-refractivity contribution is -0.384. The van der Waals surface area contributed by atoms with E-state index in [1.54, 1.807) is 16.8 Å². The van der Waals surface area contributed by atoms with Gasteiger partial charge in [-0.2, -0.15) is 4.98 Å². The standard InChI is InChI=1S/C19H13N5O5/c25-15-7-9-19(10-8-15)22(16(26)11-29-19)18-20-17(21-23(18)13-5-6-13)12-1-3-14(4-2-12)24(27)28/h1-10,13H,11H2. The van der Waals surface area contributed by atoms with Gasteiger partial charge in [-0.25, -0.2) is 9.58 Å². The lowest BCUT2D eigenvalue weighted by atomic mass is 10.1. The van der Waals surface area contributed by atoms with Gasteiger partial charge in [0.1, 0.15) is 6.61 Å². The summed E-state index contributed by atoms with van der Waals surface area (Å²) in [5.74, 6) is 0.0615. The van der Waals surface area contributed by atoms with Gasteiger partial charge in [0.05, 0.1) is 11.0 Å². The molecule has 0 saturated carbocycles. The van der Waals surface area contributed by atoms with Crippen molar-refractivity contribution in [3.8, 4) is 11.4 Å². The van der Waals surface area contributed by atoms with Gasteiger partial charge in [-0.1, -0.05) is 12.2 Å². The van der Waals surface area contributed by atoms with Crippen molar-refractivity contribution in [3.63, 3.8) is 0 Å². The van der Waals surface area contributed by atoms with Crippen molar-refractivity contribution in [2.75, 3.05) is 11.5 Å². The Morgan fingerprint density at radius 1 is 1.14 bits per heavy atom. The Morgan fingerprint density at radius 3 is 2.45 bits per heavy atom. The van der Waals surface area contributed by atoms with E-state index in [1.807, 2.05) is 12.2 Å². The fourth-order valence-electron chi connectivity index (χ4n) is 3.26. The van der Waals surface area contributed by atoms with E-state index >= 15 is 0 Å². The summed E-state index contributed by atoms with van der Waals surface area (Å²) in [4.78, 5) is 40.5. The minimum absolute atomic E-state index is 0.0403. The van der Waals surface area contributed by atoms with Gasteiger partial charge in [-0.15, -0.1) is 5.10 Å². The summed E-state index contributed by atoms with van der Waals surface area (Å²) in [6, 6.07) is 5.72. The molecule has 0 unspecified atom stereocenters. The number of aromatic nitrogens is 3. The third-order valence-corrected chi connectivity index (χ3v) is 4.80. The van der Waals surface area contributed by atoms with Crippen molar-refractivity contribution in [3.05, 3.63) is 70.8 Å². The van der Waals surface area contributed by atoms with E-state index in [9.17, 15) is 19.7 Å². The summed E-state index contributed by atoms with van der Waals surface area (Å²) in [5.41, 5.74) is -0.707. The van der Waals surface area contributed by atoms with Crippen LogP contribution in [-0.4, -0.2) is 43.7 Å². The number of carbonyl (C=O) groups is 2. The molecule has 1 saturated heterocycles. The number of hydrogen-bond donors (Lipinski definition) is 0. The second-order valence-corrected chi connectivity index (χ2v) is 6.70. The van der Waals surface area contributed by atoms with E-state index in [0.29, 0.717) is 11.4 Å². The van der Waals surface area contributed by atoms with Crippen molar-refractivity contribution >= 4 is 23.3 Å². The van der Waals surface area contributed by atoms with Crippen LogP contribution in [0.3, 0.4) is 0 Å². The maximum atomic E-state index is 12.7. The summed E-state index contributed by atoms with van der Waals surface area (Å²) >= 11 is 0. The predicted molar refractivity (Wildman–Crippen MR) is 99.7 cm³/mol. The average molecular weight is 391 g/mol. The maximum absolute atomic E-state index is 12.7. The van der Waals surface area contributed by atoms with Gasteiger partial charge in [0.25, 0.3) is 11.6 Å². The van der Waals surface area contributed by atoms with Gasteiger partial charge < -0.3 is 4.74 Å². The highest BCUT2D eigenvalue weighted by atomic mass is 16.6. The highest BCUT2D eigenvalue weighted by molar-refractivity contribution is 6.03. The predicted octanol–water partition coefficient (Wildman–Crippen LogP) is 1.72. The number of benzene rings is 1. The zero-order valence-corrected chi connectivity index (χ0v) is 14.8. The van der Waals surface area contributed by atoms with Crippen molar-refractivity contribution in [2.24, 2.45) is 0 Å². The molecule has 0 bridgehead atoms. The van der Waals surface area contributed by atoms with E-state index in [1.165, 1.54) is 41.3 Å². The zero-order valence-electron chi connectivity index (χ0n) is 14.8. The molecule has 10 heteroatoms. The summed E-state index contributed by atoms with van der Waals surface area (Å²) in [6.45, 7) is -0.166. The Bertz CT molecular complexity index is 1120. The van der Waals surface area contributed by atoms with Crippen LogP contribution < -0.4 is 4.90 Å². The lowest BCUT2D eigenvalue weighted by Gasteiger charge is -2.31. The summed E-state index contributed by atoms with van der Waals surface area (Å²) < 4.78 is 7.28.